The van der Waals surface area contributed by atoms with Gasteiger partial charge in [-0.15, -0.1) is 0 Å². The molecule has 1 aromatic heterocycles. The summed E-state index contributed by atoms with van der Waals surface area (Å²) < 4.78 is 5.44. The van der Waals surface area contributed by atoms with Gasteiger partial charge in [0, 0.05) is 25.9 Å². The van der Waals surface area contributed by atoms with Crippen molar-refractivity contribution < 1.29 is 9.53 Å². The van der Waals surface area contributed by atoms with Crippen LogP contribution in [-0.4, -0.2) is 47.3 Å². The third kappa shape index (κ3) is 2.27. The van der Waals surface area contributed by atoms with Gasteiger partial charge in [-0.2, -0.15) is 5.10 Å². The highest BCUT2D eigenvalue weighted by Gasteiger charge is 2.30. The van der Waals surface area contributed by atoms with Crippen molar-refractivity contribution in [3.05, 3.63) is 17.0 Å². The van der Waals surface area contributed by atoms with Gasteiger partial charge < -0.3 is 9.64 Å². The lowest BCUT2D eigenvalue weighted by atomic mass is 9.95. The number of nitrogens with one attached hydrogen (secondary N) is 1. The largest absolute Gasteiger partial charge is 0.379 e. The number of hydrogen-bond donors (Lipinski definition) is 1. The molecular formula is C13H21N3O2. The average molecular weight is 251 g/mol. The van der Waals surface area contributed by atoms with Crippen molar-refractivity contribution >= 4 is 5.91 Å². The molecule has 2 atom stereocenters. The molecule has 1 aromatic rings. The number of rotatable bonds is 2. The lowest BCUT2D eigenvalue weighted by Gasteiger charge is -2.36. The summed E-state index contributed by atoms with van der Waals surface area (Å²) in [4.78, 5) is 14.4. The lowest BCUT2D eigenvalue weighted by Crippen LogP contribution is -2.46. The fraction of sp³-hybridized carbons (Fsp3) is 0.692. The molecule has 2 heterocycles. The number of H-pyrrole nitrogens is 1. The first-order valence-electron chi connectivity index (χ1n) is 6.38. The molecule has 1 aliphatic rings. The molecule has 0 saturated carbocycles. The van der Waals surface area contributed by atoms with Gasteiger partial charge in [-0.3, -0.25) is 9.89 Å². The zero-order valence-corrected chi connectivity index (χ0v) is 11.5. The van der Waals surface area contributed by atoms with Gasteiger partial charge in [-0.05, 0) is 26.2 Å². The molecule has 0 aromatic carbocycles. The Hall–Kier alpha value is -1.36. The normalized spacial score (nSPS) is 24.3. The molecule has 5 heteroatoms. The maximum atomic E-state index is 12.5. The Kier molecular flexibility index (Phi) is 3.71. The van der Waals surface area contributed by atoms with Gasteiger partial charge in [-0.25, -0.2) is 0 Å². The second-order valence-corrected chi connectivity index (χ2v) is 5.10. The quantitative estimate of drug-likeness (QED) is 0.867. The van der Waals surface area contributed by atoms with Crippen molar-refractivity contribution in [1.82, 2.24) is 15.1 Å². The molecule has 1 fully saturated rings. The van der Waals surface area contributed by atoms with E-state index in [1.54, 1.807) is 7.11 Å². The second-order valence-electron chi connectivity index (χ2n) is 5.10. The Labute approximate surface area is 108 Å². The van der Waals surface area contributed by atoms with Gasteiger partial charge in [0.1, 0.15) is 0 Å². The maximum absolute atomic E-state index is 12.5. The number of carbonyl (C=O) groups excluding carboxylic acids is 1. The Morgan fingerprint density at radius 1 is 1.50 bits per heavy atom. The minimum Gasteiger partial charge on any atom is -0.379 e. The van der Waals surface area contributed by atoms with Crippen LogP contribution in [0, 0.1) is 19.8 Å². The highest BCUT2D eigenvalue weighted by Crippen LogP contribution is 2.22. The highest BCUT2D eigenvalue weighted by molar-refractivity contribution is 5.96. The van der Waals surface area contributed by atoms with E-state index in [0.29, 0.717) is 18.0 Å². The molecule has 1 aliphatic heterocycles. The molecule has 1 N–H and O–H groups in total. The summed E-state index contributed by atoms with van der Waals surface area (Å²) in [6.07, 6.45) is 1.12. The van der Waals surface area contributed by atoms with E-state index in [1.807, 2.05) is 18.7 Å². The molecule has 5 nitrogen and oxygen atoms in total. The van der Waals surface area contributed by atoms with Crippen molar-refractivity contribution in [2.24, 2.45) is 5.92 Å². The zero-order chi connectivity index (χ0) is 13.3. The van der Waals surface area contributed by atoms with Gasteiger partial charge in [0.05, 0.1) is 17.4 Å². The Bertz CT molecular complexity index is 422. The summed E-state index contributed by atoms with van der Waals surface area (Å²) >= 11 is 0. The molecule has 1 amide bonds. The van der Waals surface area contributed by atoms with Crippen molar-refractivity contribution in [2.45, 2.75) is 33.3 Å². The number of aryl methyl sites for hydroxylation is 2. The fourth-order valence-corrected chi connectivity index (χ4v) is 2.55. The molecule has 2 unspecified atom stereocenters. The highest BCUT2D eigenvalue weighted by atomic mass is 16.5. The molecule has 0 bridgehead atoms. The zero-order valence-electron chi connectivity index (χ0n) is 11.5. The Morgan fingerprint density at radius 2 is 2.22 bits per heavy atom. The molecule has 0 spiro atoms. The topological polar surface area (TPSA) is 58.2 Å². The number of likely N-dealkylation sites (tertiary alicyclic amines) is 1. The van der Waals surface area contributed by atoms with Crippen LogP contribution in [0.3, 0.4) is 0 Å². The number of aromatic amines is 1. The summed E-state index contributed by atoms with van der Waals surface area (Å²) in [5.41, 5.74) is 2.31. The van der Waals surface area contributed by atoms with E-state index in [9.17, 15) is 4.79 Å². The van der Waals surface area contributed by atoms with Crippen molar-refractivity contribution in [3.8, 4) is 0 Å². The number of nitrogens with zero attached hydrogens (tertiary/aromatic N) is 2. The number of methoxy groups -OCH3 is 1. The molecule has 2 rings (SSSR count). The standard InChI is InChI=1S/C13H21N3O2/c1-8-5-6-16(7-11(8)18-4)13(17)12-9(2)14-15-10(12)3/h8,11H,5-7H2,1-4H3,(H,14,15). The van der Waals surface area contributed by atoms with E-state index in [4.69, 9.17) is 4.74 Å². The van der Waals surface area contributed by atoms with Crippen LogP contribution in [-0.2, 0) is 4.74 Å². The first-order chi connectivity index (χ1) is 8.54. The van der Waals surface area contributed by atoms with Crippen molar-refractivity contribution in [2.75, 3.05) is 20.2 Å². The van der Waals surface area contributed by atoms with E-state index in [-0.39, 0.29) is 12.0 Å². The summed E-state index contributed by atoms with van der Waals surface area (Å²) in [5.74, 6) is 0.568. The van der Waals surface area contributed by atoms with E-state index >= 15 is 0 Å². The number of ether oxygens (including phenoxy) is 1. The van der Waals surface area contributed by atoms with Crippen LogP contribution in [0.2, 0.25) is 0 Å². The number of carbonyl (C=O) groups is 1. The molecular weight excluding hydrogens is 230 g/mol. The van der Waals surface area contributed by atoms with E-state index < -0.39 is 0 Å². The number of aromatic nitrogens is 2. The van der Waals surface area contributed by atoms with Crippen LogP contribution in [0.25, 0.3) is 0 Å². The third-order valence-corrected chi connectivity index (χ3v) is 3.82. The van der Waals surface area contributed by atoms with Gasteiger partial charge >= 0.3 is 0 Å². The van der Waals surface area contributed by atoms with E-state index in [0.717, 1.165) is 24.4 Å². The minimum absolute atomic E-state index is 0.0627. The van der Waals surface area contributed by atoms with Crippen LogP contribution >= 0.6 is 0 Å². The first kappa shape index (κ1) is 13.1. The van der Waals surface area contributed by atoms with Crippen LogP contribution in [0.1, 0.15) is 35.1 Å². The summed E-state index contributed by atoms with van der Waals surface area (Å²) in [7, 11) is 1.71. The Morgan fingerprint density at radius 3 is 2.78 bits per heavy atom. The van der Waals surface area contributed by atoms with Crippen molar-refractivity contribution in [1.29, 1.82) is 0 Å². The molecule has 1 saturated heterocycles. The second kappa shape index (κ2) is 5.10. The van der Waals surface area contributed by atoms with Crippen LogP contribution in [0.15, 0.2) is 0 Å². The number of amides is 1. The third-order valence-electron chi connectivity index (χ3n) is 3.82. The number of piperidine rings is 1. The first-order valence-corrected chi connectivity index (χ1v) is 6.38. The monoisotopic (exact) mass is 251 g/mol. The average Bonchev–Trinajstić information content (AvgIpc) is 2.69. The molecule has 100 valence electrons. The van der Waals surface area contributed by atoms with Crippen LogP contribution < -0.4 is 0 Å². The smallest absolute Gasteiger partial charge is 0.257 e. The van der Waals surface area contributed by atoms with Gasteiger partial charge in [-0.1, -0.05) is 6.92 Å². The SMILES string of the molecule is COC1CN(C(=O)c2c(C)n[nH]c2C)CCC1C. The predicted octanol–water partition coefficient (Wildman–Crippen LogP) is 1.52. The minimum atomic E-state index is 0.0627. The molecule has 0 aliphatic carbocycles. The van der Waals surface area contributed by atoms with Crippen molar-refractivity contribution in [3.63, 3.8) is 0 Å². The van der Waals surface area contributed by atoms with Gasteiger partial charge in [0.25, 0.3) is 5.91 Å². The summed E-state index contributed by atoms with van der Waals surface area (Å²) in [6, 6.07) is 0. The van der Waals surface area contributed by atoms with E-state index in [1.165, 1.54) is 0 Å². The lowest BCUT2D eigenvalue weighted by molar-refractivity contribution is -0.00161. The number of hydrogen-bond acceptors (Lipinski definition) is 3. The van der Waals surface area contributed by atoms with E-state index in [2.05, 4.69) is 17.1 Å². The summed E-state index contributed by atoms with van der Waals surface area (Å²) in [6.45, 7) is 7.37. The van der Waals surface area contributed by atoms with Crippen LogP contribution in [0.4, 0.5) is 0 Å². The Balaban J connectivity index is 2.15. The molecule has 18 heavy (non-hydrogen) atoms. The van der Waals surface area contributed by atoms with Gasteiger partial charge in [0.15, 0.2) is 0 Å². The van der Waals surface area contributed by atoms with Crippen LogP contribution in [0.5, 0.6) is 0 Å². The predicted molar refractivity (Wildman–Crippen MR) is 68.5 cm³/mol. The van der Waals surface area contributed by atoms with Gasteiger partial charge in [0.2, 0.25) is 0 Å². The fourth-order valence-electron chi connectivity index (χ4n) is 2.55. The maximum Gasteiger partial charge on any atom is 0.257 e. The summed E-state index contributed by atoms with van der Waals surface area (Å²) in [5, 5.41) is 6.94. The molecule has 0 radical (unpaired) electrons.